The lowest BCUT2D eigenvalue weighted by Gasteiger charge is -2.16. The molecule has 1 atom stereocenters. The molecule has 3 N–H and O–H groups in total. The Morgan fingerprint density at radius 3 is 2.06 bits per heavy atom. The molecule has 0 spiro atoms. The highest BCUT2D eigenvalue weighted by atomic mass is 16.5. The van der Waals surface area contributed by atoms with E-state index in [2.05, 4.69) is 17.6 Å². The summed E-state index contributed by atoms with van der Waals surface area (Å²) in [7, 11) is 0. The van der Waals surface area contributed by atoms with Gasteiger partial charge >= 0.3 is 11.9 Å². The number of ether oxygens (including phenoxy) is 1. The van der Waals surface area contributed by atoms with Crippen LogP contribution in [0, 0.1) is 0 Å². The van der Waals surface area contributed by atoms with Crippen LogP contribution in [-0.2, 0) is 23.9 Å². The van der Waals surface area contributed by atoms with Crippen LogP contribution in [0.5, 0.6) is 0 Å². The molecule has 8 heteroatoms. The van der Waals surface area contributed by atoms with E-state index in [1.165, 1.54) is 44.9 Å². The van der Waals surface area contributed by atoms with Crippen molar-refractivity contribution in [3.8, 4) is 0 Å². The highest BCUT2D eigenvalue weighted by Crippen LogP contribution is 2.10. The average Bonchev–Trinajstić information content (AvgIpc) is 2.75. The summed E-state index contributed by atoms with van der Waals surface area (Å²) in [5.41, 5.74) is 0. The molecule has 0 rings (SSSR count). The van der Waals surface area contributed by atoms with Gasteiger partial charge in [-0.3, -0.25) is 9.59 Å². The van der Waals surface area contributed by atoms with Crippen molar-refractivity contribution in [2.75, 3.05) is 13.2 Å². The van der Waals surface area contributed by atoms with Crippen molar-refractivity contribution in [1.29, 1.82) is 0 Å². The number of unbranched alkanes of at least 4 members (excludes halogenated alkanes) is 9. The van der Waals surface area contributed by atoms with Gasteiger partial charge in [-0.25, -0.2) is 9.59 Å². The zero-order valence-corrected chi connectivity index (χ0v) is 19.8. The predicted molar refractivity (Wildman–Crippen MR) is 124 cm³/mol. The van der Waals surface area contributed by atoms with Crippen molar-refractivity contribution in [3.05, 3.63) is 12.2 Å². The maximum Gasteiger partial charge on any atom is 0.328 e. The minimum absolute atomic E-state index is 0.0435. The van der Waals surface area contributed by atoms with Crippen LogP contribution in [0.1, 0.15) is 97.3 Å². The van der Waals surface area contributed by atoms with E-state index in [9.17, 15) is 19.2 Å². The summed E-state index contributed by atoms with van der Waals surface area (Å²) in [6.45, 7) is 4.59. The number of hydrogen-bond donors (Lipinski definition) is 3. The first-order valence-corrected chi connectivity index (χ1v) is 12.1. The van der Waals surface area contributed by atoms with Crippen LogP contribution >= 0.6 is 0 Å². The topological polar surface area (TPSA) is 122 Å². The number of nitrogens with one attached hydrogen (secondary N) is 2. The van der Waals surface area contributed by atoms with Crippen molar-refractivity contribution in [1.82, 2.24) is 10.6 Å². The third-order valence-electron chi connectivity index (χ3n) is 5.01. The highest BCUT2D eigenvalue weighted by molar-refractivity contribution is 5.95. The number of hydrogen-bond acceptors (Lipinski definition) is 5. The van der Waals surface area contributed by atoms with Crippen molar-refractivity contribution in [2.24, 2.45) is 0 Å². The Kier molecular flexibility index (Phi) is 19.0. The Labute approximate surface area is 192 Å². The number of amides is 2. The van der Waals surface area contributed by atoms with Crippen LogP contribution in [0.3, 0.4) is 0 Å². The van der Waals surface area contributed by atoms with Gasteiger partial charge in [-0.15, -0.1) is 0 Å². The van der Waals surface area contributed by atoms with Gasteiger partial charge in [-0.1, -0.05) is 58.3 Å². The molecule has 0 bridgehead atoms. The van der Waals surface area contributed by atoms with Crippen LogP contribution < -0.4 is 10.6 Å². The van der Waals surface area contributed by atoms with E-state index >= 15 is 0 Å². The van der Waals surface area contributed by atoms with E-state index in [0.717, 1.165) is 18.9 Å². The van der Waals surface area contributed by atoms with Crippen LogP contribution in [0.2, 0.25) is 0 Å². The quantitative estimate of drug-likeness (QED) is 0.146. The molecule has 1 unspecified atom stereocenters. The normalized spacial score (nSPS) is 11.8. The number of carbonyl (C=O) groups excluding carboxylic acids is 3. The fourth-order valence-corrected chi connectivity index (χ4v) is 3.24. The molecule has 0 saturated heterocycles. The molecule has 0 aliphatic rings. The van der Waals surface area contributed by atoms with Gasteiger partial charge in [0.1, 0.15) is 6.04 Å². The van der Waals surface area contributed by atoms with E-state index < -0.39 is 23.9 Å². The lowest BCUT2D eigenvalue weighted by atomic mass is 10.1. The molecule has 0 radical (unpaired) electrons. The number of carboxylic acid groups (broad SMARTS) is 1. The zero-order chi connectivity index (χ0) is 24.0. The maximum atomic E-state index is 12.0. The minimum Gasteiger partial charge on any atom is -0.478 e. The minimum atomic E-state index is -1.24. The molecule has 2 amide bonds. The monoisotopic (exact) mass is 454 g/mol. The van der Waals surface area contributed by atoms with Crippen LogP contribution in [-0.4, -0.2) is 48.1 Å². The Balaban J connectivity index is 3.94. The molecule has 0 fully saturated rings. The Bertz CT molecular complexity index is 577. The number of esters is 1. The van der Waals surface area contributed by atoms with Gasteiger partial charge in [0.15, 0.2) is 0 Å². The standard InChI is InChI=1S/C24H42N2O6/c1-3-5-6-7-8-9-10-11-12-16-21(27)25-19-14-13-15-20(24(31)32-4-2)26-22(28)17-18-23(29)30/h17-18,20H,3-16,19H2,1-2H3,(H,25,27)(H,26,28)(H,29,30)/b18-17+. The van der Waals surface area contributed by atoms with Crippen LogP contribution in [0.25, 0.3) is 0 Å². The molecule has 0 aliphatic carbocycles. The molecule has 32 heavy (non-hydrogen) atoms. The molecule has 184 valence electrons. The lowest BCUT2D eigenvalue weighted by molar-refractivity contribution is -0.147. The van der Waals surface area contributed by atoms with E-state index in [1.807, 2.05) is 0 Å². The maximum absolute atomic E-state index is 12.0. The first-order chi connectivity index (χ1) is 15.4. The van der Waals surface area contributed by atoms with Crippen molar-refractivity contribution in [2.45, 2.75) is 103 Å². The number of carboxylic acids is 1. The van der Waals surface area contributed by atoms with Gasteiger partial charge in [-0.2, -0.15) is 0 Å². The third-order valence-corrected chi connectivity index (χ3v) is 5.01. The Hall–Kier alpha value is -2.38. The Morgan fingerprint density at radius 1 is 0.844 bits per heavy atom. The second-order valence-corrected chi connectivity index (χ2v) is 7.91. The van der Waals surface area contributed by atoms with Crippen LogP contribution in [0.4, 0.5) is 0 Å². The highest BCUT2D eigenvalue weighted by Gasteiger charge is 2.20. The van der Waals surface area contributed by atoms with E-state index in [-0.39, 0.29) is 12.5 Å². The van der Waals surface area contributed by atoms with Gasteiger partial charge in [-0.05, 0) is 32.6 Å². The largest absolute Gasteiger partial charge is 0.478 e. The fourth-order valence-electron chi connectivity index (χ4n) is 3.24. The zero-order valence-electron chi connectivity index (χ0n) is 19.8. The molecule has 0 aromatic carbocycles. The number of rotatable bonds is 20. The molecule has 0 aromatic heterocycles. The fraction of sp³-hybridized carbons (Fsp3) is 0.750. The van der Waals surface area contributed by atoms with Crippen molar-refractivity contribution < 1.29 is 29.0 Å². The summed E-state index contributed by atoms with van der Waals surface area (Å²) in [6.07, 6.45) is 14.7. The van der Waals surface area contributed by atoms with E-state index in [1.54, 1.807) is 6.92 Å². The van der Waals surface area contributed by atoms with Crippen molar-refractivity contribution >= 4 is 23.8 Å². The predicted octanol–water partition coefficient (Wildman–Crippen LogP) is 3.88. The molecule has 0 aliphatic heterocycles. The first-order valence-electron chi connectivity index (χ1n) is 12.1. The van der Waals surface area contributed by atoms with E-state index in [4.69, 9.17) is 9.84 Å². The second-order valence-electron chi connectivity index (χ2n) is 7.91. The smallest absolute Gasteiger partial charge is 0.328 e. The molecule has 0 aromatic rings. The molecule has 0 heterocycles. The number of aliphatic carboxylic acids is 1. The summed E-state index contributed by atoms with van der Waals surface area (Å²) >= 11 is 0. The molecular formula is C24H42N2O6. The van der Waals surface area contributed by atoms with Crippen molar-refractivity contribution in [3.63, 3.8) is 0 Å². The van der Waals surface area contributed by atoms with Gasteiger partial charge in [0.2, 0.25) is 11.8 Å². The number of carbonyl (C=O) groups is 4. The summed E-state index contributed by atoms with van der Waals surface area (Å²) in [5, 5.41) is 13.9. The van der Waals surface area contributed by atoms with E-state index in [0.29, 0.717) is 38.3 Å². The molecule has 8 nitrogen and oxygen atoms in total. The second kappa shape index (κ2) is 20.5. The van der Waals surface area contributed by atoms with Gasteiger partial charge in [0, 0.05) is 25.1 Å². The first kappa shape index (κ1) is 29.6. The summed E-state index contributed by atoms with van der Waals surface area (Å²) in [6, 6.07) is -0.849. The van der Waals surface area contributed by atoms with Gasteiger partial charge in [0.05, 0.1) is 6.61 Å². The summed E-state index contributed by atoms with van der Waals surface area (Å²) in [4.78, 5) is 46.1. The van der Waals surface area contributed by atoms with Crippen LogP contribution in [0.15, 0.2) is 12.2 Å². The summed E-state index contributed by atoms with van der Waals surface area (Å²) in [5.74, 6) is -2.42. The summed E-state index contributed by atoms with van der Waals surface area (Å²) < 4.78 is 4.96. The third kappa shape index (κ3) is 18.4. The van der Waals surface area contributed by atoms with Gasteiger partial charge < -0.3 is 20.5 Å². The lowest BCUT2D eigenvalue weighted by Crippen LogP contribution is -2.41. The average molecular weight is 455 g/mol. The van der Waals surface area contributed by atoms with Gasteiger partial charge in [0.25, 0.3) is 0 Å². The molecular weight excluding hydrogens is 412 g/mol. The Morgan fingerprint density at radius 2 is 1.47 bits per heavy atom. The SMILES string of the molecule is CCCCCCCCCCCC(=O)NCCCCC(NC(=O)/C=C/C(=O)O)C(=O)OCC. The molecule has 0 saturated carbocycles.